The van der Waals surface area contributed by atoms with Crippen LogP contribution in [0.3, 0.4) is 0 Å². The second-order valence-electron chi connectivity index (χ2n) is 5.19. The lowest BCUT2D eigenvalue weighted by atomic mass is 9.85. The minimum absolute atomic E-state index is 0.524. The Morgan fingerprint density at radius 2 is 2.20 bits per heavy atom. The number of aromatic nitrogens is 4. The molecule has 2 atom stereocenters. The molecule has 0 amide bonds. The maximum Gasteiger partial charge on any atom is 0.245 e. The molecule has 0 aliphatic heterocycles. The predicted molar refractivity (Wildman–Crippen MR) is 77.8 cm³/mol. The zero-order valence-electron chi connectivity index (χ0n) is 11.8. The van der Waals surface area contributed by atoms with E-state index in [1.807, 2.05) is 0 Å². The number of allylic oxidation sites excluding steroid dienone is 2. The topological polar surface area (TPSA) is 75.7 Å². The van der Waals surface area contributed by atoms with Crippen LogP contribution >= 0.6 is 0 Å². The molecular weight excluding hydrogens is 254 g/mol. The number of rotatable bonds is 4. The van der Waals surface area contributed by atoms with Gasteiger partial charge in [-0.05, 0) is 24.7 Å². The summed E-state index contributed by atoms with van der Waals surface area (Å²) in [5, 5.41) is 2.93. The number of imidazole rings is 1. The molecule has 3 rings (SSSR count). The first-order valence-corrected chi connectivity index (χ1v) is 6.94. The maximum absolute atomic E-state index is 5.93. The van der Waals surface area contributed by atoms with E-state index in [9.17, 15) is 0 Å². The van der Waals surface area contributed by atoms with Crippen LogP contribution in [0.1, 0.15) is 19.8 Å². The highest BCUT2D eigenvalue weighted by Gasteiger charge is 2.20. The SMILES string of the molecule is CNc1nc(OCC2CC=CCC2C)c2[nH]cnc2n1. The molecule has 2 aromatic rings. The van der Waals surface area contributed by atoms with E-state index < -0.39 is 0 Å². The average molecular weight is 273 g/mol. The molecular formula is C14H19N5O. The third-order valence-electron chi connectivity index (χ3n) is 3.83. The van der Waals surface area contributed by atoms with Gasteiger partial charge in [-0.1, -0.05) is 19.1 Å². The summed E-state index contributed by atoms with van der Waals surface area (Å²) in [5.41, 5.74) is 1.37. The van der Waals surface area contributed by atoms with Crippen molar-refractivity contribution < 1.29 is 4.74 Å². The first kappa shape index (κ1) is 12.9. The van der Waals surface area contributed by atoms with Crippen molar-refractivity contribution in [2.75, 3.05) is 19.0 Å². The van der Waals surface area contributed by atoms with E-state index in [0.29, 0.717) is 35.9 Å². The van der Waals surface area contributed by atoms with Gasteiger partial charge in [0.15, 0.2) is 5.65 Å². The zero-order valence-corrected chi connectivity index (χ0v) is 11.8. The smallest absolute Gasteiger partial charge is 0.245 e. The van der Waals surface area contributed by atoms with Gasteiger partial charge in [0.1, 0.15) is 5.52 Å². The highest BCUT2D eigenvalue weighted by atomic mass is 16.5. The van der Waals surface area contributed by atoms with Crippen LogP contribution in [0.25, 0.3) is 11.2 Å². The van der Waals surface area contributed by atoms with Crippen LogP contribution in [0.2, 0.25) is 0 Å². The highest BCUT2D eigenvalue weighted by molar-refractivity contribution is 5.76. The Labute approximate surface area is 117 Å². The summed E-state index contributed by atoms with van der Waals surface area (Å²) in [6.07, 6.45) is 8.28. The molecule has 20 heavy (non-hydrogen) atoms. The van der Waals surface area contributed by atoms with Crippen molar-refractivity contribution in [3.8, 4) is 5.88 Å². The Kier molecular flexibility index (Phi) is 3.54. The van der Waals surface area contributed by atoms with Gasteiger partial charge in [0.05, 0.1) is 12.9 Å². The summed E-state index contributed by atoms with van der Waals surface area (Å²) in [7, 11) is 1.78. The first-order chi connectivity index (χ1) is 9.78. The number of hydrogen-bond acceptors (Lipinski definition) is 5. The molecule has 0 saturated heterocycles. The summed E-state index contributed by atoms with van der Waals surface area (Å²) in [6, 6.07) is 0. The molecule has 6 nitrogen and oxygen atoms in total. The Morgan fingerprint density at radius 3 is 3.00 bits per heavy atom. The van der Waals surface area contributed by atoms with Crippen molar-refractivity contribution in [3.05, 3.63) is 18.5 Å². The fraction of sp³-hybridized carbons (Fsp3) is 0.500. The van der Waals surface area contributed by atoms with Gasteiger partial charge in [0, 0.05) is 7.05 Å². The minimum atomic E-state index is 0.524. The van der Waals surface area contributed by atoms with Crippen molar-refractivity contribution >= 4 is 17.1 Å². The number of nitrogens with one attached hydrogen (secondary N) is 2. The van der Waals surface area contributed by atoms with E-state index in [1.54, 1.807) is 13.4 Å². The van der Waals surface area contributed by atoms with Crippen LogP contribution in [0.4, 0.5) is 5.95 Å². The molecule has 2 aromatic heterocycles. The van der Waals surface area contributed by atoms with Crippen molar-refractivity contribution in [2.24, 2.45) is 11.8 Å². The van der Waals surface area contributed by atoms with Crippen LogP contribution in [-0.4, -0.2) is 33.6 Å². The van der Waals surface area contributed by atoms with Crippen molar-refractivity contribution in [1.29, 1.82) is 0 Å². The molecule has 0 radical (unpaired) electrons. The molecule has 1 aliphatic rings. The van der Waals surface area contributed by atoms with Gasteiger partial charge >= 0.3 is 0 Å². The maximum atomic E-state index is 5.93. The van der Waals surface area contributed by atoms with Crippen molar-refractivity contribution in [2.45, 2.75) is 19.8 Å². The number of nitrogens with zero attached hydrogens (tertiary/aromatic N) is 3. The molecule has 0 aromatic carbocycles. The quantitative estimate of drug-likeness (QED) is 0.836. The lowest BCUT2D eigenvalue weighted by Gasteiger charge is -2.24. The zero-order chi connectivity index (χ0) is 13.9. The molecule has 0 spiro atoms. The third kappa shape index (κ3) is 2.45. The van der Waals surface area contributed by atoms with E-state index in [-0.39, 0.29) is 0 Å². The number of hydrogen-bond donors (Lipinski definition) is 2. The summed E-state index contributed by atoms with van der Waals surface area (Å²) in [4.78, 5) is 15.8. The molecule has 0 bridgehead atoms. The van der Waals surface area contributed by atoms with Gasteiger partial charge in [-0.25, -0.2) is 4.98 Å². The third-order valence-corrected chi connectivity index (χ3v) is 3.83. The summed E-state index contributed by atoms with van der Waals surface area (Å²) in [6.45, 7) is 2.93. The molecule has 1 aliphatic carbocycles. The first-order valence-electron chi connectivity index (χ1n) is 6.94. The van der Waals surface area contributed by atoms with Gasteiger partial charge in [-0.3, -0.25) is 0 Å². The Balaban J connectivity index is 1.79. The molecule has 2 unspecified atom stereocenters. The van der Waals surface area contributed by atoms with E-state index in [4.69, 9.17) is 4.74 Å². The largest absolute Gasteiger partial charge is 0.476 e. The van der Waals surface area contributed by atoms with Gasteiger partial charge < -0.3 is 15.0 Å². The van der Waals surface area contributed by atoms with E-state index >= 15 is 0 Å². The van der Waals surface area contributed by atoms with Gasteiger partial charge in [0.2, 0.25) is 11.8 Å². The lowest BCUT2D eigenvalue weighted by molar-refractivity contribution is 0.194. The molecule has 0 saturated carbocycles. The predicted octanol–water partition coefficient (Wildman–Crippen LogP) is 2.38. The highest BCUT2D eigenvalue weighted by Crippen LogP contribution is 2.27. The molecule has 6 heteroatoms. The molecule has 2 heterocycles. The monoisotopic (exact) mass is 273 g/mol. The van der Waals surface area contributed by atoms with Crippen molar-refractivity contribution in [3.63, 3.8) is 0 Å². The Hall–Kier alpha value is -2.11. The van der Waals surface area contributed by atoms with Gasteiger partial charge in [-0.15, -0.1) is 0 Å². The van der Waals surface area contributed by atoms with Gasteiger partial charge in [0.25, 0.3) is 0 Å². The van der Waals surface area contributed by atoms with Gasteiger partial charge in [-0.2, -0.15) is 9.97 Å². The fourth-order valence-electron chi connectivity index (χ4n) is 2.45. The molecule has 2 N–H and O–H groups in total. The summed E-state index contributed by atoms with van der Waals surface area (Å²) < 4.78 is 5.93. The Bertz CT molecular complexity index is 621. The normalized spacial score (nSPS) is 22.1. The number of H-pyrrole nitrogens is 1. The summed E-state index contributed by atoms with van der Waals surface area (Å²) in [5.74, 6) is 2.27. The number of ether oxygens (including phenoxy) is 1. The molecule has 106 valence electrons. The van der Waals surface area contributed by atoms with Crippen LogP contribution in [-0.2, 0) is 0 Å². The summed E-state index contributed by atoms with van der Waals surface area (Å²) >= 11 is 0. The van der Waals surface area contributed by atoms with E-state index in [0.717, 1.165) is 18.4 Å². The van der Waals surface area contributed by atoms with Crippen LogP contribution in [0.15, 0.2) is 18.5 Å². The second kappa shape index (κ2) is 5.48. The minimum Gasteiger partial charge on any atom is -0.476 e. The number of fused-ring (bicyclic) bond motifs is 1. The molecule has 0 fully saturated rings. The van der Waals surface area contributed by atoms with E-state index in [1.165, 1.54) is 0 Å². The number of aromatic amines is 1. The van der Waals surface area contributed by atoms with Crippen LogP contribution in [0.5, 0.6) is 5.88 Å². The number of anilines is 1. The second-order valence-corrected chi connectivity index (χ2v) is 5.19. The average Bonchev–Trinajstić information content (AvgIpc) is 2.94. The van der Waals surface area contributed by atoms with Crippen LogP contribution in [0, 0.1) is 11.8 Å². The fourth-order valence-corrected chi connectivity index (χ4v) is 2.45. The van der Waals surface area contributed by atoms with E-state index in [2.05, 4.69) is 44.3 Å². The lowest BCUT2D eigenvalue weighted by Crippen LogP contribution is -2.21. The Morgan fingerprint density at radius 1 is 1.35 bits per heavy atom. The standard InChI is InChI=1S/C14H19N5O/c1-9-5-3-4-6-10(9)7-20-13-11-12(17-8-16-11)18-14(15-2)19-13/h3-4,8-10H,5-7H2,1-2H3,(H2,15,16,17,18,19). The van der Waals surface area contributed by atoms with Crippen molar-refractivity contribution in [1.82, 2.24) is 19.9 Å². The van der Waals surface area contributed by atoms with Crippen LogP contribution < -0.4 is 10.1 Å².